The summed E-state index contributed by atoms with van der Waals surface area (Å²) in [6.45, 7) is 6.10. The summed E-state index contributed by atoms with van der Waals surface area (Å²) in [5.41, 5.74) is 1.81. The van der Waals surface area contributed by atoms with Gasteiger partial charge >= 0.3 is 18.0 Å². The Morgan fingerprint density at radius 1 is 0.766 bits per heavy atom. The second kappa shape index (κ2) is 17.3. The molecule has 0 saturated carbocycles. The van der Waals surface area contributed by atoms with Crippen molar-refractivity contribution in [2.75, 3.05) is 48.5 Å². The molecule has 0 aromatic heterocycles. The van der Waals surface area contributed by atoms with Crippen LogP contribution >= 0.6 is 0 Å². The summed E-state index contributed by atoms with van der Waals surface area (Å²) >= 11 is 0. The number of hydrogen-bond acceptors (Lipinski definition) is 11. The van der Waals surface area contributed by atoms with E-state index in [9.17, 15) is 14.7 Å². The van der Waals surface area contributed by atoms with Gasteiger partial charge in [-0.2, -0.15) is 0 Å². The van der Waals surface area contributed by atoms with Crippen LogP contribution in [0.1, 0.15) is 54.3 Å². The van der Waals surface area contributed by atoms with Gasteiger partial charge in [0.05, 0.1) is 44.0 Å². The molecule has 9 rings (SSSR count). The SMILES string of the molecule is COC(=O)C(NC(=O)N1C(=O)C2(c3ccccc31)C(C(=O)Nc1ccc(N3CCOCC3)cc1)C1C(=O)OC(c3ccccc3)C(c3ccccc3)N1C2c1ccc(O)cc1)C(C)C. The number of aromatic hydroxyl groups is 1. The summed E-state index contributed by atoms with van der Waals surface area (Å²) in [4.78, 5) is 79.9. The van der Waals surface area contributed by atoms with Crippen molar-refractivity contribution in [3.63, 3.8) is 0 Å². The number of benzene rings is 5. The number of carbonyl (C=O) groups is 5. The standard InChI is InChI=1S/C50H49N5O9/c1-30(2)40(46(58)62-3)52-49(61)54-38-17-11-10-16-37(38)50(48(54)60)39(45(57)51-34-20-22-35(23-21-34)53-26-28-63-29-27-53)42-47(59)64-43(32-14-8-5-9-15-32)41(31-12-6-4-7-13-31)55(42)44(50)33-18-24-36(56)25-19-33/h4-25,30,39-44,56H,26-29H2,1-3H3,(H,51,57)(H,52,61). The molecule has 7 atom stereocenters. The maximum Gasteiger partial charge on any atom is 0.329 e. The number of imide groups is 1. The van der Waals surface area contributed by atoms with Crippen LogP contribution in [0.5, 0.6) is 5.75 Å². The number of fused-ring (bicyclic) bond motifs is 3. The van der Waals surface area contributed by atoms with E-state index in [1.165, 1.54) is 19.2 Å². The fourth-order valence-corrected chi connectivity index (χ4v) is 10.1. The van der Waals surface area contributed by atoms with Crippen LogP contribution in [0, 0.1) is 11.8 Å². The van der Waals surface area contributed by atoms with Crippen molar-refractivity contribution < 1.29 is 43.3 Å². The number of para-hydroxylation sites is 1. The third-order valence-electron chi connectivity index (χ3n) is 13.0. The van der Waals surface area contributed by atoms with Crippen molar-refractivity contribution >= 4 is 46.8 Å². The lowest BCUT2D eigenvalue weighted by molar-refractivity contribution is -0.177. The van der Waals surface area contributed by atoms with E-state index in [4.69, 9.17) is 14.2 Å². The van der Waals surface area contributed by atoms with Crippen LogP contribution in [0.15, 0.2) is 133 Å². The van der Waals surface area contributed by atoms with Crippen molar-refractivity contribution in [1.82, 2.24) is 10.2 Å². The molecule has 3 N–H and O–H groups in total. The van der Waals surface area contributed by atoms with Crippen LogP contribution in [-0.2, 0) is 38.8 Å². The van der Waals surface area contributed by atoms with Gasteiger partial charge in [0.15, 0.2) is 0 Å². The Morgan fingerprint density at radius 3 is 2.03 bits per heavy atom. The molecular formula is C50H49N5O9. The summed E-state index contributed by atoms with van der Waals surface area (Å²) in [6, 6.07) is 33.9. The highest BCUT2D eigenvalue weighted by molar-refractivity contribution is 6.25. The molecule has 0 radical (unpaired) electrons. The Kier molecular flexibility index (Phi) is 11.4. The molecule has 3 fully saturated rings. The molecule has 5 aromatic rings. The van der Waals surface area contributed by atoms with Crippen molar-refractivity contribution in [3.05, 3.63) is 156 Å². The molecule has 328 valence electrons. The Bertz CT molecular complexity index is 2550. The normalized spacial score (nSPS) is 24.5. The second-order valence-electron chi connectivity index (χ2n) is 16.8. The van der Waals surface area contributed by atoms with Crippen molar-refractivity contribution in [3.8, 4) is 5.75 Å². The number of anilines is 3. The fraction of sp³-hybridized carbons (Fsp3) is 0.300. The highest BCUT2D eigenvalue weighted by Gasteiger charge is 2.75. The molecule has 14 nitrogen and oxygen atoms in total. The van der Waals surface area contributed by atoms with Gasteiger partial charge in [-0.15, -0.1) is 0 Å². The summed E-state index contributed by atoms with van der Waals surface area (Å²) in [6.07, 6.45) is -0.906. The van der Waals surface area contributed by atoms with Crippen molar-refractivity contribution in [2.45, 2.75) is 49.5 Å². The van der Waals surface area contributed by atoms with E-state index in [1.54, 1.807) is 62.4 Å². The number of nitrogens with one attached hydrogen (secondary N) is 2. The number of ether oxygens (including phenoxy) is 3. The van der Waals surface area contributed by atoms with E-state index < -0.39 is 77.3 Å². The van der Waals surface area contributed by atoms with Crippen molar-refractivity contribution in [2.24, 2.45) is 11.8 Å². The number of methoxy groups -OCH3 is 1. The summed E-state index contributed by atoms with van der Waals surface area (Å²) < 4.78 is 17.1. The van der Waals surface area contributed by atoms with Gasteiger partial charge in [0.1, 0.15) is 29.4 Å². The second-order valence-corrected chi connectivity index (χ2v) is 16.8. The Balaban J connectivity index is 1.27. The Labute approximate surface area is 370 Å². The Morgan fingerprint density at radius 2 is 1.39 bits per heavy atom. The van der Waals surface area contributed by atoms with E-state index in [-0.39, 0.29) is 11.4 Å². The quantitative estimate of drug-likeness (QED) is 0.140. The molecule has 3 saturated heterocycles. The predicted molar refractivity (Wildman–Crippen MR) is 237 cm³/mol. The molecule has 7 unspecified atom stereocenters. The van der Waals surface area contributed by atoms with Crippen LogP contribution < -0.4 is 20.4 Å². The van der Waals surface area contributed by atoms with Gasteiger partial charge in [0, 0.05) is 24.5 Å². The number of morpholine rings is 2. The van der Waals surface area contributed by atoms with Gasteiger partial charge in [-0.25, -0.2) is 14.5 Å². The van der Waals surface area contributed by atoms with Crippen LogP contribution in [0.4, 0.5) is 21.9 Å². The number of hydrogen-bond donors (Lipinski definition) is 3. The van der Waals surface area contributed by atoms with Crippen LogP contribution in [-0.4, -0.2) is 85.3 Å². The first kappa shape index (κ1) is 42.3. The van der Waals surface area contributed by atoms with E-state index in [2.05, 4.69) is 15.5 Å². The van der Waals surface area contributed by atoms with E-state index in [0.29, 0.717) is 48.7 Å². The highest BCUT2D eigenvalue weighted by atomic mass is 16.6. The van der Waals surface area contributed by atoms with Gasteiger partial charge in [-0.3, -0.25) is 19.3 Å². The number of esters is 2. The number of carbonyl (C=O) groups excluding carboxylic acids is 5. The number of phenolic OH excluding ortho intramolecular Hbond substituents is 1. The van der Waals surface area contributed by atoms with E-state index in [1.807, 2.05) is 77.7 Å². The minimum Gasteiger partial charge on any atom is -0.508 e. The zero-order valence-corrected chi connectivity index (χ0v) is 35.6. The molecule has 4 aliphatic rings. The molecule has 0 bridgehead atoms. The van der Waals surface area contributed by atoms with E-state index in [0.717, 1.165) is 16.2 Å². The third kappa shape index (κ3) is 7.12. The van der Waals surface area contributed by atoms with Crippen LogP contribution in [0.2, 0.25) is 0 Å². The number of amides is 4. The first-order valence-electron chi connectivity index (χ1n) is 21.5. The molecule has 4 amide bonds. The number of rotatable bonds is 9. The highest BCUT2D eigenvalue weighted by Crippen LogP contribution is 2.66. The van der Waals surface area contributed by atoms with Crippen LogP contribution in [0.25, 0.3) is 0 Å². The Hall–Kier alpha value is -7.03. The predicted octanol–water partition coefficient (Wildman–Crippen LogP) is 6.44. The summed E-state index contributed by atoms with van der Waals surface area (Å²) in [5.74, 6) is -4.86. The van der Waals surface area contributed by atoms with Gasteiger partial charge in [-0.1, -0.05) is 105 Å². The molecule has 5 aromatic carbocycles. The monoisotopic (exact) mass is 863 g/mol. The van der Waals surface area contributed by atoms with Gasteiger partial charge in [0.2, 0.25) is 11.8 Å². The molecule has 14 heteroatoms. The third-order valence-corrected chi connectivity index (χ3v) is 13.0. The smallest absolute Gasteiger partial charge is 0.329 e. The maximum atomic E-state index is 16.2. The molecule has 1 spiro atoms. The summed E-state index contributed by atoms with van der Waals surface area (Å²) in [7, 11) is 1.22. The zero-order chi connectivity index (χ0) is 44.7. The molecule has 64 heavy (non-hydrogen) atoms. The number of nitrogens with zero attached hydrogens (tertiary/aromatic N) is 3. The number of urea groups is 1. The minimum absolute atomic E-state index is 0.0383. The fourth-order valence-electron chi connectivity index (χ4n) is 10.1. The number of phenols is 1. The molecule has 4 heterocycles. The lowest BCUT2D eigenvalue weighted by atomic mass is 9.65. The zero-order valence-electron chi connectivity index (χ0n) is 35.6. The van der Waals surface area contributed by atoms with Gasteiger partial charge in [-0.05, 0) is 70.6 Å². The largest absolute Gasteiger partial charge is 0.508 e. The summed E-state index contributed by atoms with van der Waals surface area (Å²) in [5, 5.41) is 16.5. The van der Waals surface area contributed by atoms with Gasteiger partial charge < -0.3 is 34.9 Å². The molecule has 4 aliphatic heterocycles. The lowest BCUT2D eigenvalue weighted by Crippen LogP contribution is -2.57. The van der Waals surface area contributed by atoms with Crippen LogP contribution in [0.3, 0.4) is 0 Å². The van der Waals surface area contributed by atoms with Crippen molar-refractivity contribution in [1.29, 1.82) is 0 Å². The topological polar surface area (TPSA) is 167 Å². The maximum absolute atomic E-state index is 16.2. The average Bonchev–Trinajstić information content (AvgIpc) is 3.78. The molecular weight excluding hydrogens is 815 g/mol. The first-order chi connectivity index (χ1) is 31.0. The van der Waals surface area contributed by atoms with Gasteiger partial charge in [0.25, 0.3) is 0 Å². The average molecular weight is 864 g/mol. The first-order valence-corrected chi connectivity index (χ1v) is 21.5. The minimum atomic E-state index is -2.00. The lowest BCUT2D eigenvalue weighted by Gasteiger charge is -2.46. The number of cyclic esters (lactones) is 1. The van der Waals surface area contributed by atoms with E-state index >= 15 is 14.4 Å². The molecule has 0 aliphatic carbocycles.